The number of anilines is 1. The Morgan fingerprint density at radius 2 is 2.00 bits per heavy atom. The van der Waals surface area contributed by atoms with Crippen LogP contribution in [0.4, 0.5) is 5.82 Å². The number of hydrogen-bond donors (Lipinski definition) is 2. The van der Waals surface area contributed by atoms with E-state index >= 15 is 0 Å². The Labute approximate surface area is 185 Å². The summed E-state index contributed by atoms with van der Waals surface area (Å²) in [7, 11) is 3.33. The first kappa shape index (κ1) is 21.4. The van der Waals surface area contributed by atoms with Crippen molar-refractivity contribution in [3.63, 3.8) is 0 Å². The number of nitrogens with one attached hydrogen (secondary N) is 2. The van der Waals surface area contributed by atoms with Gasteiger partial charge in [-0.15, -0.1) is 0 Å². The molecule has 0 bridgehead atoms. The molecule has 0 unspecified atom stereocenters. The summed E-state index contributed by atoms with van der Waals surface area (Å²) in [6.45, 7) is 1.34. The summed E-state index contributed by atoms with van der Waals surface area (Å²) in [6.07, 6.45) is 2.90. The summed E-state index contributed by atoms with van der Waals surface area (Å²) in [6, 6.07) is 12.6. The first-order chi connectivity index (χ1) is 15.6. The number of ether oxygens (including phenoxy) is 1. The van der Waals surface area contributed by atoms with E-state index < -0.39 is 0 Å². The fourth-order valence-corrected chi connectivity index (χ4v) is 3.49. The van der Waals surface area contributed by atoms with Crippen LogP contribution in [0.2, 0.25) is 0 Å². The third-order valence-corrected chi connectivity index (χ3v) is 5.24. The Morgan fingerprint density at radius 3 is 2.75 bits per heavy atom. The molecule has 0 aromatic carbocycles. The fourth-order valence-electron chi connectivity index (χ4n) is 3.49. The second-order valence-electron chi connectivity index (χ2n) is 7.25. The molecule has 0 aliphatic carbocycles. The van der Waals surface area contributed by atoms with Crippen LogP contribution in [0.25, 0.3) is 11.3 Å². The van der Waals surface area contributed by atoms with Gasteiger partial charge in [0.25, 0.3) is 11.8 Å². The van der Waals surface area contributed by atoms with Crippen LogP contribution in [0.1, 0.15) is 32.6 Å². The monoisotopic (exact) mass is 432 g/mol. The summed E-state index contributed by atoms with van der Waals surface area (Å²) < 4.78 is 5.93. The normalized spacial score (nSPS) is 15.8. The van der Waals surface area contributed by atoms with E-state index in [2.05, 4.69) is 20.6 Å². The molecule has 1 aliphatic heterocycles. The van der Waals surface area contributed by atoms with Gasteiger partial charge in [0, 0.05) is 44.2 Å². The molecule has 4 heterocycles. The minimum Gasteiger partial charge on any atom is -0.373 e. The van der Waals surface area contributed by atoms with Gasteiger partial charge in [-0.1, -0.05) is 6.07 Å². The average Bonchev–Trinajstić information content (AvgIpc) is 2.88. The summed E-state index contributed by atoms with van der Waals surface area (Å²) in [4.78, 5) is 39.6. The molecule has 1 fully saturated rings. The largest absolute Gasteiger partial charge is 0.373 e. The van der Waals surface area contributed by atoms with Crippen LogP contribution < -0.4 is 10.6 Å². The van der Waals surface area contributed by atoms with E-state index in [9.17, 15) is 9.59 Å². The Balaban J connectivity index is 1.51. The lowest BCUT2D eigenvalue weighted by Crippen LogP contribution is -2.42. The van der Waals surface area contributed by atoms with E-state index in [1.807, 2.05) is 24.3 Å². The summed E-state index contributed by atoms with van der Waals surface area (Å²) >= 11 is 0. The Bertz CT molecular complexity index is 1120. The zero-order valence-electron chi connectivity index (χ0n) is 17.9. The van der Waals surface area contributed by atoms with Crippen LogP contribution >= 0.6 is 0 Å². The van der Waals surface area contributed by atoms with E-state index in [1.54, 1.807) is 49.6 Å². The molecule has 1 saturated heterocycles. The van der Waals surface area contributed by atoms with Crippen LogP contribution in [0.5, 0.6) is 0 Å². The van der Waals surface area contributed by atoms with Crippen molar-refractivity contribution in [2.75, 3.05) is 39.1 Å². The zero-order valence-corrected chi connectivity index (χ0v) is 17.9. The third kappa shape index (κ3) is 4.57. The molecule has 1 aliphatic rings. The van der Waals surface area contributed by atoms with E-state index in [0.717, 1.165) is 17.0 Å². The summed E-state index contributed by atoms with van der Waals surface area (Å²) in [5.41, 5.74) is 3.17. The van der Waals surface area contributed by atoms with Crippen molar-refractivity contribution in [2.45, 2.75) is 6.10 Å². The van der Waals surface area contributed by atoms with Crippen LogP contribution in [0, 0.1) is 0 Å². The molecular formula is C23H24N6O3. The number of aromatic nitrogens is 3. The van der Waals surface area contributed by atoms with Crippen molar-refractivity contribution >= 4 is 17.6 Å². The summed E-state index contributed by atoms with van der Waals surface area (Å²) in [5.74, 6) is 0.336. The predicted octanol–water partition coefficient (Wildman–Crippen LogP) is 2.15. The molecule has 9 nitrogen and oxygen atoms in total. The number of nitrogens with zero attached hydrogens (tertiary/aromatic N) is 4. The predicted molar refractivity (Wildman–Crippen MR) is 119 cm³/mol. The van der Waals surface area contributed by atoms with Gasteiger partial charge in [0.1, 0.15) is 17.6 Å². The van der Waals surface area contributed by atoms with Crippen molar-refractivity contribution in [3.8, 4) is 11.3 Å². The highest BCUT2D eigenvalue weighted by Crippen LogP contribution is 2.25. The minimum atomic E-state index is -0.337. The lowest BCUT2D eigenvalue weighted by Gasteiger charge is -2.33. The van der Waals surface area contributed by atoms with Crippen LogP contribution in [0.15, 0.2) is 54.9 Å². The quantitative estimate of drug-likeness (QED) is 0.636. The molecule has 9 heteroatoms. The minimum absolute atomic E-state index is 0.0673. The van der Waals surface area contributed by atoms with Crippen molar-refractivity contribution in [1.29, 1.82) is 0 Å². The molecule has 2 amide bonds. The first-order valence-electron chi connectivity index (χ1n) is 10.3. The number of rotatable bonds is 5. The van der Waals surface area contributed by atoms with Gasteiger partial charge in [0.05, 0.1) is 24.5 Å². The molecule has 4 rings (SSSR count). The van der Waals surface area contributed by atoms with Crippen molar-refractivity contribution < 1.29 is 14.3 Å². The lowest BCUT2D eigenvalue weighted by molar-refractivity contribution is -0.0246. The van der Waals surface area contributed by atoms with Gasteiger partial charge >= 0.3 is 0 Å². The van der Waals surface area contributed by atoms with E-state index in [1.165, 1.54) is 0 Å². The lowest BCUT2D eigenvalue weighted by atomic mass is 10.1. The smallest absolute Gasteiger partial charge is 0.269 e. The topological polar surface area (TPSA) is 109 Å². The Kier molecular flexibility index (Phi) is 6.37. The molecule has 32 heavy (non-hydrogen) atoms. The maximum Gasteiger partial charge on any atom is 0.269 e. The maximum absolute atomic E-state index is 13.0. The second kappa shape index (κ2) is 9.52. The van der Waals surface area contributed by atoms with Gasteiger partial charge in [-0.25, -0.2) is 9.97 Å². The van der Waals surface area contributed by atoms with E-state index in [4.69, 9.17) is 9.72 Å². The van der Waals surface area contributed by atoms with Crippen molar-refractivity contribution in [1.82, 2.24) is 25.2 Å². The number of morpholine rings is 1. The summed E-state index contributed by atoms with van der Waals surface area (Å²) in [5, 5.41) is 5.50. The van der Waals surface area contributed by atoms with Gasteiger partial charge in [0.15, 0.2) is 0 Å². The highest BCUT2D eigenvalue weighted by molar-refractivity contribution is 5.95. The standard InChI is InChI=1S/C23H24N6O3/c1-24-21-12-15(8-9-26-21)23(31)29-10-11-32-20(14-29)18-5-3-4-17(28-18)16-6-7-19(27-13-16)22(30)25-2/h3-9,12-13,20H,10-11,14H2,1-2H3,(H,24,26)(H,25,30)/t20-/m1/s1. The van der Waals surface area contributed by atoms with Crippen LogP contribution in [-0.2, 0) is 4.74 Å². The number of pyridine rings is 3. The molecule has 2 N–H and O–H groups in total. The molecular weight excluding hydrogens is 408 g/mol. The third-order valence-electron chi connectivity index (χ3n) is 5.24. The Morgan fingerprint density at radius 1 is 1.12 bits per heavy atom. The molecule has 0 saturated carbocycles. The van der Waals surface area contributed by atoms with Crippen molar-refractivity contribution in [3.05, 3.63) is 71.8 Å². The highest BCUT2D eigenvalue weighted by atomic mass is 16.5. The van der Waals surface area contributed by atoms with Gasteiger partial charge in [-0.05, 0) is 36.4 Å². The molecule has 0 spiro atoms. The van der Waals surface area contributed by atoms with Gasteiger partial charge in [-0.3, -0.25) is 14.6 Å². The first-order valence-corrected chi connectivity index (χ1v) is 10.3. The molecule has 3 aromatic rings. The van der Waals surface area contributed by atoms with Gasteiger partial charge in [-0.2, -0.15) is 0 Å². The fraction of sp³-hybridized carbons (Fsp3) is 0.261. The van der Waals surface area contributed by atoms with E-state index in [0.29, 0.717) is 36.8 Å². The number of carbonyl (C=O) groups excluding carboxylic acids is 2. The molecule has 3 aromatic heterocycles. The van der Waals surface area contributed by atoms with Crippen LogP contribution in [-0.4, -0.2) is 65.5 Å². The number of amides is 2. The van der Waals surface area contributed by atoms with Gasteiger partial charge < -0.3 is 20.3 Å². The Hall–Kier alpha value is -3.85. The molecule has 1 atom stereocenters. The van der Waals surface area contributed by atoms with Gasteiger partial charge in [0.2, 0.25) is 0 Å². The number of hydrogen-bond acceptors (Lipinski definition) is 7. The highest BCUT2D eigenvalue weighted by Gasteiger charge is 2.27. The second-order valence-corrected chi connectivity index (χ2v) is 7.25. The zero-order chi connectivity index (χ0) is 22.5. The average molecular weight is 432 g/mol. The van der Waals surface area contributed by atoms with Crippen LogP contribution in [0.3, 0.4) is 0 Å². The molecule has 164 valence electrons. The number of carbonyl (C=O) groups is 2. The van der Waals surface area contributed by atoms with E-state index in [-0.39, 0.29) is 17.9 Å². The van der Waals surface area contributed by atoms with Crippen molar-refractivity contribution in [2.24, 2.45) is 0 Å². The SMILES string of the molecule is CNC(=O)c1ccc(-c2cccc([C@H]3CN(C(=O)c4ccnc(NC)c4)CCO3)n2)cn1. The maximum atomic E-state index is 13.0. The molecule has 0 radical (unpaired) electrons.